The third-order valence-corrected chi connectivity index (χ3v) is 6.15. The van der Waals surface area contributed by atoms with Crippen LogP contribution in [-0.2, 0) is 10.0 Å². The SMILES string of the molecule is CCCC(=O)c1ccc(F)c(Nc2ncc(Cl)c(Nc3ccccc3NS(=O)(=O)CC)n2)c1. The van der Waals surface area contributed by atoms with Crippen LogP contribution < -0.4 is 15.4 Å². The van der Waals surface area contributed by atoms with E-state index in [1.54, 1.807) is 24.3 Å². The van der Waals surface area contributed by atoms with Crippen molar-refractivity contribution < 1.29 is 17.6 Å². The van der Waals surface area contributed by atoms with Crippen molar-refractivity contribution in [2.24, 2.45) is 0 Å². The third-order valence-electron chi connectivity index (χ3n) is 4.58. The topological polar surface area (TPSA) is 113 Å². The number of carbonyl (C=O) groups is 1. The quantitative estimate of drug-likeness (QED) is 0.321. The van der Waals surface area contributed by atoms with Crippen LogP contribution in [-0.4, -0.2) is 29.9 Å². The second-order valence-corrected chi connectivity index (χ2v) is 9.48. The lowest BCUT2D eigenvalue weighted by Crippen LogP contribution is -2.15. The zero-order valence-electron chi connectivity index (χ0n) is 18.0. The van der Waals surface area contributed by atoms with E-state index in [2.05, 4.69) is 25.3 Å². The average molecular weight is 492 g/mol. The largest absolute Gasteiger partial charge is 0.337 e. The molecule has 0 radical (unpaired) electrons. The van der Waals surface area contributed by atoms with Crippen LogP contribution in [0.15, 0.2) is 48.7 Å². The molecule has 0 aliphatic carbocycles. The fraction of sp³-hybridized carbons (Fsp3) is 0.227. The lowest BCUT2D eigenvalue weighted by atomic mass is 10.1. The lowest BCUT2D eigenvalue weighted by molar-refractivity contribution is 0.0981. The van der Waals surface area contributed by atoms with Crippen LogP contribution in [0.2, 0.25) is 5.02 Å². The van der Waals surface area contributed by atoms with Gasteiger partial charge in [-0.15, -0.1) is 0 Å². The second kappa shape index (κ2) is 10.6. The second-order valence-electron chi connectivity index (χ2n) is 7.06. The molecule has 0 aliphatic rings. The minimum absolute atomic E-state index is 0.0347. The molecular weight excluding hydrogens is 469 g/mol. The summed E-state index contributed by atoms with van der Waals surface area (Å²) in [5, 5.41) is 5.91. The predicted octanol–water partition coefficient (Wildman–Crippen LogP) is 5.50. The number of halogens is 2. The Balaban J connectivity index is 1.88. The minimum Gasteiger partial charge on any atom is -0.337 e. The van der Waals surface area contributed by atoms with Gasteiger partial charge in [-0.05, 0) is 43.7 Å². The normalized spacial score (nSPS) is 11.2. The van der Waals surface area contributed by atoms with Gasteiger partial charge in [0, 0.05) is 12.0 Å². The van der Waals surface area contributed by atoms with Crippen molar-refractivity contribution in [2.75, 3.05) is 21.1 Å². The molecule has 0 aliphatic heterocycles. The van der Waals surface area contributed by atoms with E-state index in [1.807, 2.05) is 6.92 Å². The molecule has 0 unspecified atom stereocenters. The molecule has 2 aromatic carbocycles. The third kappa shape index (κ3) is 6.39. The molecule has 33 heavy (non-hydrogen) atoms. The number of hydrogen-bond acceptors (Lipinski definition) is 7. The molecular formula is C22H23ClFN5O3S. The Kier molecular flexibility index (Phi) is 7.83. The monoisotopic (exact) mass is 491 g/mol. The fourth-order valence-corrected chi connectivity index (χ4v) is 3.65. The number of nitrogens with one attached hydrogen (secondary N) is 3. The minimum atomic E-state index is -3.50. The molecule has 3 N–H and O–H groups in total. The highest BCUT2D eigenvalue weighted by Crippen LogP contribution is 2.30. The summed E-state index contributed by atoms with van der Waals surface area (Å²) in [7, 11) is -3.50. The van der Waals surface area contributed by atoms with Crippen molar-refractivity contribution in [3.05, 3.63) is 65.1 Å². The Hall–Kier alpha value is -3.24. The highest BCUT2D eigenvalue weighted by atomic mass is 35.5. The number of benzene rings is 2. The van der Waals surface area contributed by atoms with E-state index in [0.29, 0.717) is 29.8 Å². The van der Waals surface area contributed by atoms with Crippen molar-refractivity contribution in [3.63, 3.8) is 0 Å². The van der Waals surface area contributed by atoms with Crippen molar-refractivity contribution in [3.8, 4) is 0 Å². The number of aromatic nitrogens is 2. The smallest absolute Gasteiger partial charge is 0.232 e. The van der Waals surface area contributed by atoms with E-state index < -0.39 is 15.8 Å². The van der Waals surface area contributed by atoms with E-state index in [1.165, 1.54) is 31.3 Å². The number of nitrogens with zero attached hydrogens (tertiary/aromatic N) is 2. The summed E-state index contributed by atoms with van der Waals surface area (Å²) < 4.78 is 40.8. The first-order valence-electron chi connectivity index (χ1n) is 10.2. The molecule has 174 valence electrons. The number of ketones is 1. The van der Waals surface area contributed by atoms with Crippen molar-refractivity contribution >= 4 is 56.2 Å². The van der Waals surface area contributed by atoms with Crippen LogP contribution in [0, 0.1) is 5.82 Å². The summed E-state index contributed by atoms with van der Waals surface area (Å²) in [6, 6.07) is 10.7. The molecule has 0 amide bonds. The number of rotatable bonds is 10. The van der Waals surface area contributed by atoms with Gasteiger partial charge < -0.3 is 10.6 Å². The van der Waals surface area contributed by atoms with Crippen LogP contribution in [0.1, 0.15) is 37.0 Å². The zero-order chi connectivity index (χ0) is 24.0. The molecule has 0 saturated heterocycles. The molecule has 0 spiro atoms. The maximum absolute atomic E-state index is 14.3. The van der Waals surface area contributed by atoms with Crippen LogP contribution in [0.3, 0.4) is 0 Å². The molecule has 3 rings (SSSR count). The van der Waals surface area contributed by atoms with Gasteiger partial charge in [-0.25, -0.2) is 17.8 Å². The Morgan fingerprint density at radius 3 is 2.48 bits per heavy atom. The van der Waals surface area contributed by atoms with Gasteiger partial charge in [0.2, 0.25) is 16.0 Å². The maximum atomic E-state index is 14.3. The molecule has 1 aromatic heterocycles. The first kappa shape index (κ1) is 24.4. The van der Waals surface area contributed by atoms with Crippen LogP contribution >= 0.6 is 11.6 Å². The van der Waals surface area contributed by atoms with Gasteiger partial charge in [-0.2, -0.15) is 4.98 Å². The van der Waals surface area contributed by atoms with Crippen LogP contribution in [0.5, 0.6) is 0 Å². The zero-order valence-corrected chi connectivity index (χ0v) is 19.6. The number of para-hydroxylation sites is 2. The van der Waals surface area contributed by atoms with Crippen molar-refractivity contribution in [1.29, 1.82) is 0 Å². The predicted molar refractivity (Wildman–Crippen MR) is 129 cm³/mol. The lowest BCUT2D eigenvalue weighted by Gasteiger charge is -2.15. The first-order chi connectivity index (χ1) is 15.7. The van der Waals surface area contributed by atoms with E-state index in [0.717, 1.165) is 0 Å². The molecule has 0 atom stereocenters. The van der Waals surface area contributed by atoms with E-state index in [9.17, 15) is 17.6 Å². The molecule has 0 saturated carbocycles. The average Bonchev–Trinajstić information content (AvgIpc) is 2.78. The van der Waals surface area contributed by atoms with Gasteiger partial charge in [0.1, 0.15) is 10.8 Å². The van der Waals surface area contributed by atoms with Gasteiger partial charge in [0.15, 0.2) is 11.6 Å². The Bertz CT molecular complexity index is 1270. The van der Waals surface area contributed by atoms with E-state index in [4.69, 9.17) is 11.6 Å². The number of carbonyl (C=O) groups excluding carboxylic acids is 1. The molecule has 0 bridgehead atoms. The van der Waals surface area contributed by atoms with Gasteiger partial charge in [-0.1, -0.05) is 30.7 Å². The van der Waals surface area contributed by atoms with Crippen molar-refractivity contribution in [1.82, 2.24) is 9.97 Å². The molecule has 8 nitrogen and oxygen atoms in total. The van der Waals surface area contributed by atoms with Crippen molar-refractivity contribution in [2.45, 2.75) is 26.7 Å². The number of Topliss-reactive ketones (excluding diaryl/α,β-unsaturated/α-hetero) is 1. The van der Waals surface area contributed by atoms with Crippen LogP contribution in [0.25, 0.3) is 0 Å². The Morgan fingerprint density at radius 2 is 1.79 bits per heavy atom. The summed E-state index contributed by atoms with van der Waals surface area (Å²) in [5.41, 5.74) is 1.16. The standard InChI is InChI=1S/C22H23ClFN5O3S/c1-3-7-20(30)14-10-11-16(24)19(12-14)27-22-25-13-15(23)21(28-22)26-17-8-5-6-9-18(17)29-33(31,32)4-2/h5-6,8-13,29H,3-4,7H2,1-2H3,(H2,25,26,27,28). The van der Waals surface area contributed by atoms with Crippen LogP contribution in [0.4, 0.5) is 33.2 Å². The maximum Gasteiger partial charge on any atom is 0.232 e. The van der Waals surface area contributed by atoms with Gasteiger partial charge in [0.05, 0.1) is 29.0 Å². The summed E-state index contributed by atoms with van der Waals surface area (Å²) in [4.78, 5) is 20.5. The van der Waals surface area contributed by atoms with E-state index >= 15 is 0 Å². The Morgan fingerprint density at radius 1 is 1.06 bits per heavy atom. The highest BCUT2D eigenvalue weighted by molar-refractivity contribution is 7.92. The number of hydrogen-bond donors (Lipinski definition) is 3. The molecule has 0 fully saturated rings. The fourth-order valence-electron chi connectivity index (χ4n) is 2.85. The first-order valence-corrected chi connectivity index (χ1v) is 12.2. The molecule has 1 heterocycles. The molecule has 11 heteroatoms. The summed E-state index contributed by atoms with van der Waals surface area (Å²) in [6.45, 7) is 3.42. The van der Waals surface area contributed by atoms with E-state index in [-0.39, 0.29) is 34.0 Å². The molecule has 3 aromatic rings. The Labute approximate surface area is 196 Å². The summed E-state index contributed by atoms with van der Waals surface area (Å²) in [5.74, 6) is -0.542. The number of sulfonamides is 1. The summed E-state index contributed by atoms with van der Waals surface area (Å²) >= 11 is 6.22. The highest BCUT2D eigenvalue weighted by Gasteiger charge is 2.14. The van der Waals surface area contributed by atoms with Gasteiger partial charge in [0.25, 0.3) is 0 Å². The number of anilines is 5. The summed E-state index contributed by atoms with van der Waals surface area (Å²) in [6.07, 6.45) is 2.37. The van der Waals surface area contributed by atoms with Gasteiger partial charge in [-0.3, -0.25) is 9.52 Å². The van der Waals surface area contributed by atoms with Gasteiger partial charge >= 0.3 is 0 Å².